The summed E-state index contributed by atoms with van der Waals surface area (Å²) in [7, 11) is 0. The Bertz CT molecular complexity index is 1030. The first kappa shape index (κ1) is 20.1. The number of benzene rings is 3. The average Bonchev–Trinajstić information content (AvgIpc) is 2.74. The summed E-state index contributed by atoms with van der Waals surface area (Å²) >= 11 is 0. The molecule has 4 heteroatoms. The second-order valence-corrected chi connectivity index (χ2v) is 6.63. The van der Waals surface area contributed by atoms with E-state index in [0.29, 0.717) is 23.5 Å². The molecule has 3 aromatic rings. The number of esters is 2. The summed E-state index contributed by atoms with van der Waals surface area (Å²) in [5.41, 5.74) is 4.48. The zero-order valence-electron chi connectivity index (χ0n) is 16.5. The predicted octanol–water partition coefficient (Wildman–Crippen LogP) is 5.82. The fourth-order valence-corrected chi connectivity index (χ4v) is 2.71. The van der Waals surface area contributed by atoms with E-state index in [2.05, 4.69) is 12.6 Å². The van der Waals surface area contributed by atoms with Crippen LogP contribution in [0.15, 0.2) is 84.9 Å². The smallest absolute Gasteiger partial charge is 0.338 e. The van der Waals surface area contributed by atoms with Crippen LogP contribution in [0.5, 0.6) is 11.5 Å². The summed E-state index contributed by atoms with van der Waals surface area (Å²) in [6.45, 7) is 6.96. The Kier molecular flexibility index (Phi) is 6.25. The van der Waals surface area contributed by atoms with Crippen molar-refractivity contribution in [3.8, 4) is 33.8 Å². The van der Waals surface area contributed by atoms with Gasteiger partial charge in [-0.3, -0.25) is 4.79 Å². The summed E-state index contributed by atoms with van der Waals surface area (Å²) in [4.78, 5) is 23.0. The van der Waals surface area contributed by atoms with Crippen molar-refractivity contribution in [1.82, 2.24) is 0 Å². The Morgan fingerprint density at radius 2 is 1.24 bits per heavy atom. The lowest BCUT2D eigenvalue weighted by atomic mass is 9.99. The summed E-state index contributed by atoms with van der Waals surface area (Å²) in [6.07, 6.45) is 0.342. The van der Waals surface area contributed by atoms with Gasteiger partial charge in [-0.05, 0) is 59.5 Å². The first-order valence-electron chi connectivity index (χ1n) is 9.35. The van der Waals surface area contributed by atoms with Gasteiger partial charge in [0.15, 0.2) is 0 Å². The predicted molar refractivity (Wildman–Crippen MR) is 114 cm³/mol. The van der Waals surface area contributed by atoms with Gasteiger partial charge in [0, 0.05) is 12.0 Å². The number of hydrogen-bond acceptors (Lipinski definition) is 4. The molecule has 3 rings (SSSR count). The van der Waals surface area contributed by atoms with E-state index in [1.165, 1.54) is 0 Å². The lowest BCUT2D eigenvalue weighted by molar-refractivity contribution is -0.134. The Labute approximate surface area is 170 Å². The molecule has 0 fully saturated rings. The van der Waals surface area contributed by atoms with Gasteiger partial charge in [0.1, 0.15) is 11.5 Å². The molecule has 0 bridgehead atoms. The van der Waals surface area contributed by atoms with Crippen molar-refractivity contribution in [3.05, 3.63) is 84.9 Å². The second kappa shape index (κ2) is 9.02. The number of rotatable bonds is 6. The SMILES string of the molecule is C=C(C)C(=O)Oc1ccc(-c2cccc(-c3ccc(OC(=O)CC)cc3)c2)cc1. The monoisotopic (exact) mass is 386 g/mol. The molecule has 0 heterocycles. The molecule has 0 spiro atoms. The molecule has 0 aliphatic rings. The van der Waals surface area contributed by atoms with Gasteiger partial charge >= 0.3 is 11.9 Å². The van der Waals surface area contributed by atoms with Crippen LogP contribution in [0, 0.1) is 0 Å². The van der Waals surface area contributed by atoms with E-state index >= 15 is 0 Å². The van der Waals surface area contributed by atoms with E-state index in [0.717, 1.165) is 22.3 Å². The minimum Gasteiger partial charge on any atom is -0.427 e. The molecule has 3 aromatic carbocycles. The quantitative estimate of drug-likeness (QED) is 0.304. The minimum absolute atomic E-state index is 0.253. The Balaban J connectivity index is 1.78. The summed E-state index contributed by atoms with van der Waals surface area (Å²) in [5, 5.41) is 0. The van der Waals surface area contributed by atoms with Crippen LogP contribution in [0.1, 0.15) is 20.3 Å². The molecular weight excluding hydrogens is 364 g/mol. The van der Waals surface area contributed by atoms with Crippen LogP contribution in [0.4, 0.5) is 0 Å². The lowest BCUT2D eigenvalue weighted by Crippen LogP contribution is -2.07. The van der Waals surface area contributed by atoms with Crippen LogP contribution in [0.3, 0.4) is 0 Å². The molecule has 0 atom stereocenters. The molecule has 29 heavy (non-hydrogen) atoms. The van der Waals surface area contributed by atoms with Crippen molar-refractivity contribution in [2.45, 2.75) is 20.3 Å². The van der Waals surface area contributed by atoms with Crippen molar-refractivity contribution >= 4 is 11.9 Å². The Morgan fingerprint density at radius 1 is 0.759 bits per heavy atom. The molecule has 0 amide bonds. The fraction of sp³-hybridized carbons (Fsp3) is 0.120. The van der Waals surface area contributed by atoms with Gasteiger partial charge in [0.2, 0.25) is 0 Å². The molecule has 0 saturated heterocycles. The van der Waals surface area contributed by atoms with Crippen LogP contribution < -0.4 is 9.47 Å². The summed E-state index contributed by atoms with van der Waals surface area (Å²) in [6, 6.07) is 22.9. The van der Waals surface area contributed by atoms with Crippen molar-refractivity contribution in [3.63, 3.8) is 0 Å². The topological polar surface area (TPSA) is 52.6 Å². The molecule has 0 unspecified atom stereocenters. The minimum atomic E-state index is -0.437. The van der Waals surface area contributed by atoms with Crippen molar-refractivity contribution in [2.24, 2.45) is 0 Å². The highest BCUT2D eigenvalue weighted by Crippen LogP contribution is 2.29. The van der Waals surface area contributed by atoms with Crippen LogP contribution in [0.25, 0.3) is 22.3 Å². The first-order chi connectivity index (χ1) is 14.0. The van der Waals surface area contributed by atoms with Gasteiger partial charge in [0.05, 0.1) is 0 Å². The van der Waals surface area contributed by atoms with Gasteiger partial charge < -0.3 is 9.47 Å². The van der Waals surface area contributed by atoms with E-state index in [1.807, 2.05) is 42.5 Å². The number of carbonyl (C=O) groups excluding carboxylic acids is 2. The van der Waals surface area contributed by atoms with Crippen molar-refractivity contribution in [2.75, 3.05) is 0 Å². The fourth-order valence-electron chi connectivity index (χ4n) is 2.71. The van der Waals surface area contributed by atoms with Crippen molar-refractivity contribution < 1.29 is 19.1 Å². The number of ether oxygens (including phenoxy) is 2. The van der Waals surface area contributed by atoms with Crippen LogP contribution >= 0.6 is 0 Å². The molecule has 0 aliphatic carbocycles. The van der Waals surface area contributed by atoms with Gasteiger partial charge in [-0.25, -0.2) is 4.79 Å². The van der Waals surface area contributed by atoms with Crippen LogP contribution in [-0.4, -0.2) is 11.9 Å². The largest absolute Gasteiger partial charge is 0.427 e. The third kappa shape index (κ3) is 5.20. The highest BCUT2D eigenvalue weighted by molar-refractivity contribution is 5.88. The van der Waals surface area contributed by atoms with E-state index in [9.17, 15) is 9.59 Å². The normalized spacial score (nSPS) is 10.3. The van der Waals surface area contributed by atoms with E-state index in [1.54, 1.807) is 38.1 Å². The van der Waals surface area contributed by atoms with Gasteiger partial charge in [-0.15, -0.1) is 0 Å². The maximum Gasteiger partial charge on any atom is 0.338 e. The van der Waals surface area contributed by atoms with Gasteiger partial charge in [-0.1, -0.05) is 56.0 Å². The molecule has 0 N–H and O–H groups in total. The maximum atomic E-state index is 11.6. The molecule has 0 saturated carbocycles. The highest BCUT2D eigenvalue weighted by Gasteiger charge is 2.07. The standard InChI is InChI=1S/C25H22O4/c1-4-24(26)28-22-12-8-18(9-13-22)20-6-5-7-21(16-20)19-10-14-23(15-11-19)29-25(27)17(2)3/h5-16H,2,4H2,1,3H3. The number of hydrogen-bond donors (Lipinski definition) is 0. The van der Waals surface area contributed by atoms with Gasteiger partial charge in [-0.2, -0.15) is 0 Å². The number of carbonyl (C=O) groups is 2. The van der Waals surface area contributed by atoms with Gasteiger partial charge in [0.25, 0.3) is 0 Å². The van der Waals surface area contributed by atoms with Crippen molar-refractivity contribution in [1.29, 1.82) is 0 Å². The summed E-state index contributed by atoms with van der Waals surface area (Å²) < 4.78 is 10.5. The summed E-state index contributed by atoms with van der Waals surface area (Å²) in [5.74, 6) is 0.330. The molecule has 0 aromatic heterocycles. The Hall–Kier alpha value is -3.66. The average molecular weight is 386 g/mol. The molecule has 146 valence electrons. The van der Waals surface area contributed by atoms with E-state index in [4.69, 9.17) is 9.47 Å². The molecule has 0 aliphatic heterocycles. The Morgan fingerprint density at radius 3 is 1.69 bits per heavy atom. The van der Waals surface area contributed by atoms with Crippen LogP contribution in [-0.2, 0) is 9.59 Å². The van der Waals surface area contributed by atoms with Crippen LogP contribution in [0.2, 0.25) is 0 Å². The van der Waals surface area contributed by atoms with E-state index in [-0.39, 0.29) is 5.97 Å². The lowest BCUT2D eigenvalue weighted by Gasteiger charge is -2.09. The molecule has 0 radical (unpaired) electrons. The molecular formula is C25H22O4. The second-order valence-electron chi connectivity index (χ2n) is 6.63. The third-order valence-electron chi connectivity index (χ3n) is 4.32. The third-order valence-corrected chi connectivity index (χ3v) is 4.32. The highest BCUT2D eigenvalue weighted by atomic mass is 16.5. The maximum absolute atomic E-state index is 11.6. The zero-order chi connectivity index (χ0) is 20.8. The zero-order valence-corrected chi connectivity index (χ0v) is 16.5. The van der Waals surface area contributed by atoms with E-state index < -0.39 is 5.97 Å². The first-order valence-corrected chi connectivity index (χ1v) is 9.35. The molecule has 4 nitrogen and oxygen atoms in total.